The first-order valence-corrected chi connectivity index (χ1v) is 6.73. The van der Waals surface area contributed by atoms with Crippen LogP contribution in [0.25, 0.3) is 0 Å². The molecule has 0 aromatic carbocycles. The highest BCUT2D eigenvalue weighted by Gasteiger charge is 2.28. The highest BCUT2D eigenvalue weighted by Crippen LogP contribution is 2.18. The van der Waals surface area contributed by atoms with Gasteiger partial charge in [-0.05, 0) is 18.9 Å². The van der Waals surface area contributed by atoms with E-state index >= 15 is 0 Å². The van der Waals surface area contributed by atoms with Gasteiger partial charge >= 0.3 is 12.2 Å². The Morgan fingerprint density at radius 1 is 1.50 bits per heavy atom. The summed E-state index contributed by atoms with van der Waals surface area (Å²) in [4.78, 5) is 17.1. The third kappa shape index (κ3) is 5.06. The SMILES string of the molecule is O=C(Nc1ccc(OCC(F)(F)F)nc1)N1CCCC(O)C1. The van der Waals surface area contributed by atoms with Crippen LogP contribution in [-0.2, 0) is 0 Å². The van der Waals surface area contributed by atoms with Gasteiger partial charge in [0.1, 0.15) is 0 Å². The number of carbonyl (C=O) groups excluding carboxylic acids is 1. The number of nitrogens with zero attached hydrogens (tertiary/aromatic N) is 2. The van der Waals surface area contributed by atoms with E-state index in [1.54, 1.807) is 0 Å². The topological polar surface area (TPSA) is 74.7 Å². The number of aliphatic hydroxyl groups excluding tert-OH is 1. The molecule has 6 nitrogen and oxygen atoms in total. The zero-order valence-electron chi connectivity index (χ0n) is 11.6. The standard InChI is InChI=1S/C13H16F3N3O3/c14-13(15,16)8-22-11-4-3-9(6-17-11)18-12(21)19-5-1-2-10(20)7-19/h3-4,6,10,20H,1-2,5,7-8H2,(H,18,21). The molecule has 1 aliphatic heterocycles. The number of aliphatic hydroxyl groups is 1. The van der Waals surface area contributed by atoms with Gasteiger partial charge in [-0.3, -0.25) is 0 Å². The van der Waals surface area contributed by atoms with Crippen LogP contribution in [0.5, 0.6) is 5.88 Å². The van der Waals surface area contributed by atoms with Gasteiger partial charge in [-0.15, -0.1) is 0 Å². The lowest BCUT2D eigenvalue weighted by Gasteiger charge is -2.30. The molecule has 0 spiro atoms. The molecule has 2 rings (SSSR count). The van der Waals surface area contributed by atoms with Crippen molar-refractivity contribution in [2.45, 2.75) is 25.1 Å². The molecule has 0 radical (unpaired) electrons. The molecule has 1 fully saturated rings. The quantitative estimate of drug-likeness (QED) is 0.894. The lowest BCUT2D eigenvalue weighted by Crippen LogP contribution is -2.44. The minimum Gasteiger partial charge on any atom is -0.468 e. The molecule has 0 bridgehead atoms. The van der Waals surface area contributed by atoms with Crippen molar-refractivity contribution >= 4 is 11.7 Å². The second-order valence-electron chi connectivity index (χ2n) is 4.96. The van der Waals surface area contributed by atoms with Gasteiger partial charge in [0.15, 0.2) is 6.61 Å². The molecule has 1 unspecified atom stereocenters. The number of ether oxygens (including phenoxy) is 1. The number of hydrogen-bond acceptors (Lipinski definition) is 4. The van der Waals surface area contributed by atoms with Gasteiger partial charge in [-0.25, -0.2) is 9.78 Å². The fraction of sp³-hybridized carbons (Fsp3) is 0.538. The number of nitrogens with one attached hydrogen (secondary N) is 1. The van der Waals surface area contributed by atoms with Gasteiger partial charge in [0.05, 0.1) is 18.0 Å². The highest BCUT2D eigenvalue weighted by atomic mass is 19.4. The van der Waals surface area contributed by atoms with Crippen LogP contribution < -0.4 is 10.1 Å². The van der Waals surface area contributed by atoms with E-state index in [1.165, 1.54) is 23.2 Å². The number of halogens is 3. The van der Waals surface area contributed by atoms with E-state index in [0.29, 0.717) is 18.7 Å². The number of alkyl halides is 3. The molecule has 2 N–H and O–H groups in total. The summed E-state index contributed by atoms with van der Waals surface area (Å²) in [6.07, 6.45) is -2.36. The van der Waals surface area contributed by atoms with Crippen molar-refractivity contribution in [2.75, 3.05) is 25.0 Å². The largest absolute Gasteiger partial charge is 0.468 e. The van der Waals surface area contributed by atoms with Crippen LogP contribution in [0.3, 0.4) is 0 Å². The Morgan fingerprint density at radius 2 is 2.27 bits per heavy atom. The van der Waals surface area contributed by atoms with Crippen LogP contribution in [-0.4, -0.2) is 53.0 Å². The van der Waals surface area contributed by atoms with Crippen LogP contribution in [0, 0.1) is 0 Å². The maximum Gasteiger partial charge on any atom is 0.422 e. The van der Waals surface area contributed by atoms with Gasteiger partial charge in [-0.1, -0.05) is 0 Å². The Morgan fingerprint density at radius 3 is 2.86 bits per heavy atom. The first-order valence-electron chi connectivity index (χ1n) is 6.73. The van der Waals surface area contributed by atoms with Crippen molar-refractivity contribution in [1.29, 1.82) is 0 Å². The summed E-state index contributed by atoms with van der Waals surface area (Å²) in [5, 5.41) is 12.1. The van der Waals surface area contributed by atoms with Gasteiger partial charge in [-0.2, -0.15) is 13.2 Å². The van der Waals surface area contributed by atoms with E-state index < -0.39 is 18.9 Å². The van der Waals surface area contributed by atoms with Gasteiger partial charge < -0.3 is 20.1 Å². The summed E-state index contributed by atoms with van der Waals surface area (Å²) < 4.78 is 40.5. The van der Waals surface area contributed by atoms with Gasteiger partial charge in [0.2, 0.25) is 5.88 Å². The first-order chi connectivity index (χ1) is 10.3. The zero-order chi connectivity index (χ0) is 16.2. The molecule has 0 aliphatic carbocycles. The fourth-order valence-corrected chi connectivity index (χ4v) is 2.04. The Kier molecular flexibility index (Phi) is 5.07. The predicted molar refractivity (Wildman–Crippen MR) is 71.6 cm³/mol. The summed E-state index contributed by atoms with van der Waals surface area (Å²) in [6, 6.07) is 2.26. The second-order valence-corrected chi connectivity index (χ2v) is 4.96. The van der Waals surface area contributed by atoms with Crippen LogP contribution in [0.15, 0.2) is 18.3 Å². The number of carbonyl (C=O) groups is 1. The van der Waals surface area contributed by atoms with E-state index in [1.807, 2.05) is 0 Å². The van der Waals surface area contributed by atoms with Crippen LogP contribution in [0.2, 0.25) is 0 Å². The van der Waals surface area contributed by atoms with Crippen molar-refractivity contribution in [3.8, 4) is 5.88 Å². The Bertz CT molecular complexity index is 507. The molecular formula is C13H16F3N3O3. The van der Waals surface area contributed by atoms with Crippen LogP contribution >= 0.6 is 0 Å². The molecule has 1 saturated heterocycles. The van der Waals surface area contributed by atoms with E-state index in [4.69, 9.17) is 0 Å². The Balaban J connectivity index is 1.86. The molecule has 1 aromatic heterocycles. The van der Waals surface area contributed by atoms with Crippen molar-refractivity contribution < 1.29 is 27.8 Å². The summed E-state index contributed by atoms with van der Waals surface area (Å²) in [7, 11) is 0. The number of likely N-dealkylation sites (tertiary alicyclic amines) is 1. The van der Waals surface area contributed by atoms with E-state index in [-0.39, 0.29) is 18.5 Å². The minimum atomic E-state index is -4.43. The number of pyridine rings is 1. The summed E-state index contributed by atoms with van der Waals surface area (Å²) in [5.41, 5.74) is 0.337. The lowest BCUT2D eigenvalue weighted by molar-refractivity contribution is -0.154. The minimum absolute atomic E-state index is 0.177. The van der Waals surface area contributed by atoms with Gasteiger partial charge in [0, 0.05) is 19.2 Å². The summed E-state index contributed by atoms with van der Waals surface area (Å²) in [5.74, 6) is -0.177. The number of rotatable bonds is 3. The van der Waals surface area contributed by atoms with Crippen molar-refractivity contribution in [1.82, 2.24) is 9.88 Å². The number of hydrogen-bond donors (Lipinski definition) is 2. The Labute approximate surface area is 124 Å². The number of β-amino-alcohol motifs (C(OH)–C–C–N with tert-alkyl or cyclic N) is 1. The number of anilines is 1. The van der Waals surface area contributed by atoms with E-state index in [2.05, 4.69) is 15.0 Å². The molecule has 1 aromatic rings. The number of urea groups is 1. The predicted octanol–water partition coefficient (Wildman–Crippen LogP) is 2.01. The fourth-order valence-electron chi connectivity index (χ4n) is 2.04. The molecule has 1 atom stereocenters. The van der Waals surface area contributed by atoms with Gasteiger partial charge in [0.25, 0.3) is 0 Å². The summed E-state index contributed by atoms with van der Waals surface area (Å²) in [6.45, 7) is -0.619. The molecule has 9 heteroatoms. The third-order valence-corrected chi connectivity index (χ3v) is 3.06. The third-order valence-electron chi connectivity index (χ3n) is 3.06. The van der Waals surface area contributed by atoms with Crippen molar-refractivity contribution in [3.63, 3.8) is 0 Å². The monoisotopic (exact) mass is 319 g/mol. The zero-order valence-corrected chi connectivity index (χ0v) is 11.6. The molecule has 2 heterocycles. The normalized spacial score (nSPS) is 18.9. The van der Waals surface area contributed by atoms with Crippen molar-refractivity contribution in [3.05, 3.63) is 18.3 Å². The highest BCUT2D eigenvalue weighted by molar-refractivity contribution is 5.89. The van der Waals surface area contributed by atoms with E-state index in [9.17, 15) is 23.1 Å². The molecular weight excluding hydrogens is 303 g/mol. The maximum absolute atomic E-state index is 12.0. The van der Waals surface area contributed by atoms with Crippen LogP contribution in [0.1, 0.15) is 12.8 Å². The molecule has 122 valence electrons. The average molecular weight is 319 g/mol. The smallest absolute Gasteiger partial charge is 0.422 e. The van der Waals surface area contributed by atoms with E-state index in [0.717, 1.165) is 6.42 Å². The Hall–Kier alpha value is -2.03. The first kappa shape index (κ1) is 16.3. The maximum atomic E-state index is 12.0. The van der Waals surface area contributed by atoms with Crippen LogP contribution in [0.4, 0.5) is 23.7 Å². The lowest BCUT2D eigenvalue weighted by atomic mass is 10.1. The molecule has 22 heavy (non-hydrogen) atoms. The summed E-state index contributed by atoms with van der Waals surface area (Å²) >= 11 is 0. The second kappa shape index (κ2) is 6.82. The number of aromatic nitrogens is 1. The molecule has 2 amide bonds. The number of piperidine rings is 1. The molecule has 1 aliphatic rings. The van der Waals surface area contributed by atoms with Crippen molar-refractivity contribution in [2.24, 2.45) is 0 Å². The molecule has 0 saturated carbocycles. The average Bonchev–Trinajstić information content (AvgIpc) is 2.46. The number of amides is 2.